The van der Waals surface area contributed by atoms with Gasteiger partial charge in [0.2, 0.25) is 0 Å². The maximum absolute atomic E-state index is 12.9. The first-order valence-electron chi connectivity index (χ1n) is 8.22. The number of anilines is 1. The van der Waals surface area contributed by atoms with Crippen molar-refractivity contribution in [2.75, 3.05) is 4.90 Å². The van der Waals surface area contributed by atoms with Gasteiger partial charge in [-0.05, 0) is 30.5 Å². The Balaban J connectivity index is 1.89. The number of nitrogens with one attached hydrogen (secondary N) is 1. The summed E-state index contributed by atoms with van der Waals surface area (Å²) in [6.45, 7) is 3.91. The van der Waals surface area contributed by atoms with E-state index in [2.05, 4.69) is 5.32 Å². The van der Waals surface area contributed by atoms with Crippen molar-refractivity contribution in [2.24, 2.45) is 0 Å². The van der Waals surface area contributed by atoms with E-state index in [9.17, 15) is 9.59 Å². The van der Waals surface area contributed by atoms with Gasteiger partial charge in [0.25, 0.3) is 11.8 Å². The van der Waals surface area contributed by atoms with Crippen molar-refractivity contribution in [1.82, 2.24) is 5.32 Å². The molecule has 1 aliphatic rings. The van der Waals surface area contributed by atoms with Crippen molar-refractivity contribution in [2.45, 2.75) is 26.3 Å². The summed E-state index contributed by atoms with van der Waals surface area (Å²) in [5, 5.41) is 3.03. The zero-order valence-electron chi connectivity index (χ0n) is 14.1. The Morgan fingerprint density at radius 3 is 2.32 bits per heavy atom. The summed E-state index contributed by atoms with van der Waals surface area (Å²) in [6, 6.07) is 16.9. The number of rotatable bonds is 5. The van der Waals surface area contributed by atoms with E-state index in [0.717, 1.165) is 16.0 Å². The Kier molecular flexibility index (Phi) is 4.91. The van der Waals surface area contributed by atoms with Crippen LogP contribution in [-0.4, -0.2) is 11.8 Å². The first-order valence-corrected chi connectivity index (χ1v) is 8.60. The second-order valence-corrected chi connectivity index (χ2v) is 6.27. The zero-order valence-corrected chi connectivity index (χ0v) is 14.9. The van der Waals surface area contributed by atoms with Crippen molar-refractivity contribution in [3.8, 4) is 0 Å². The summed E-state index contributed by atoms with van der Waals surface area (Å²) in [4.78, 5) is 26.6. The number of nitrogens with zero attached hydrogens (tertiary/aromatic N) is 1. The highest BCUT2D eigenvalue weighted by Gasteiger charge is 2.40. The fourth-order valence-electron chi connectivity index (χ4n) is 2.92. The molecule has 0 bridgehead atoms. The van der Waals surface area contributed by atoms with Gasteiger partial charge in [-0.2, -0.15) is 0 Å². The average Bonchev–Trinajstić information content (AvgIpc) is 2.85. The third-order valence-electron chi connectivity index (χ3n) is 4.30. The number of aryl methyl sites for hydroxylation is 1. The molecule has 1 unspecified atom stereocenters. The minimum atomic E-state index is -0.490. The topological polar surface area (TPSA) is 49.4 Å². The van der Waals surface area contributed by atoms with Crippen LogP contribution < -0.4 is 10.2 Å². The highest BCUT2D eigenvalue weighted by molar-refractivity contribution is 6.52. The molecule has 0 spiro atoms. The lowest BCUT2D eigenvalue weighted by atomic mass is 10.1. The van der Waals surface area contributed by atoms with Gasteiger partial charge in [-0.3, -0.25) is 9.59 Å². The van der Waals surface area contributed by atoms with Crippen LogP contribution in [0.1, 0.15) is 31.0 Å². The molecule has 2 aromatic rings. The van der Waals surface area contributed by atoms with Crippen LogP contribution in [-0.2, 0) is 16.0 Å². The van der Waals surface area contributed by atoms with Crippen LogP contribution in [0.2, 0.25) is 0 Å². The van der Waals surface area contributed by atoms with E-state index in [4.69, 9.17) is 11.6 Å². The van der Waals surface area contributed by atoms with Crippen molar-refractivity contribution < 1.29 is 9.59 Å². The van der Waals surface area contributed by atoms with Crippen LogP contribution in [0.15, 0.2) is 65.3 Å². The third-order valence-corrected chi connectivity index (χ3v) is 4.65. The third kappa shape index (κ3) is 3.17. The van der Waals surface area contributed by atoms with E-state index >= 15 is 0 Å². The quantitative estimate of drug-likeness (QED) is 0.828. The van der Waals surface area contributed by atoms with Gasteiger partial charge in [0.05, 0.1) is 5.69 Å². The second-order valence-electron chi connectivity index (χ2n) is 5.89. The molecule has 0 saturated heterocycles. The standard InChI is InChI=1S/C20H19ClN2O2/c1-3-14-9-7-8-12-16(14)23-19(24)17(21)18(20(23)25)22-13(2)15-10-5-4-6-11-15/h4-13,22H,3H2,1-2H3. The monoisotopic (exact) mass is 354 g/mol. The number of para-hydroxylation sites is 1. The molecular weight excluding hydrogens is 336 g/mol. The highest BCUT2D eigenvalue weighted by Crippen LogP contribution is 2.31. The van der Waals surface area contributed by atoms with E-state index in [0.29, 0.717) is 12.1 Å². The molecular formula is C20H19ClN2O2. The van der Waals surface area contributed by atoms with Crippen LogP contribution in [0, 0.1) is 0 Å². The number of carbonyl (C=O) groups excluding carboxylic acids is 2. The molecule has 2 aromatic carbocycles. The van der Waals surface area contributed by atoms with Crippen LogP contribution >= 0.6 is 11.6 Å². The highest BCUT2D eigenvalue weighted by atomic mass is 35.5. The largest absolute Gasteiger partial charge is 0.373 e. The fraction of sp³-hybridized carbons (Fsp3) is 0.200. The number of hydrogen-bond donors (Lipinski definition) is 1. The van der Waals surface area contributed by atoms with Crippen LogP contribution in [0.3, 0.4) is 0 Å². The molecule has 0 aromatic heterocycles. The van der Waals surface area contributed by atoms with E-state index in [1.165, 1.54) is 0 Å². The first kappa shape index (κ1) is 17.2. The van der Waals surface area contributed by atoms with Gasteiger partial charge < -0.3 is 5.32 Å². The minimum absolute atomic E-state index is 0.0707. The lowest BCUT2D eigenvalue weighted by Gasteiger charge is -2.20. The summed E-state index contributed by atoms with van der Waals surface area (Å²) in [6.07, 6.45) is 0.716. The molecule has 1 atom stereocenters. The van der Waals surface area contributed by atoms with Gasteiger partial charge in [0.1, 0.15) is 10.7 Å². The second kappa shape index (κ2) is 7.11. The maximum Gasteiger partial charge on any atom is 0.283 e. The molecule has 2 amide bonds. The molecule has 25 heavy (non-hydrogen) atoms. The molecule has 0 aliphatic carbocycles. The van der Waals surface area contributed by atoms with Crippen molar-refractivity contribution in [3.63, 3.8) is 0 Å². The Labute approximate surface area is 152 Å². The fourth-order valence-corrected chi connectivity index (χ4v) is 3.14. The summed E-state index contributed by atoms with van der Waals surface area (Å²) in [5.74, 6) is -0.908. The van der Waals surface area contributed by atoms with E-state index in [-0.39, 0.29) is 16.8 Å². The Hall–Kier alpha value is -2.59. The molecule has 0 saturated carbocycles. The smallest absolute Gasteiger partial charge is 0.283 e. The number of imide groups is 1. The predicted octanol–water partition coefficient (Wildman–Crippen LogP) is 3.92. The summed E-state index contributed by atoms with van der Waals surface area (Å²) < 4.78 is 0. The van der Waals surface area contributed by atoms with E-state index in [1.807, 2.05) is 56.3 Å². The van der Waals surface area contributed by atoms with Crippen molar-refractivity contribution >= 4 is 29.1 Å². The Morgan fingerprint density at radius 2 is 1.64 bits per heavy atom. The molecule has 4 nitrogen and oxygen atoms in total. The minimum Gasteiger partial charge on any atom is -0.373 e. The molecule has 5 heteroatoms. The lowest BCUT2D eigenvalue weighted by molar-refractivity contribution is -0.120. The van der Waals surface area contributed by atoms with Crippen molar-refractivity contribution in [1.29, 1.82) is 0 Å². The van der Waals surface area contributed by atoms with Gasteiger partial charge in [0.15, 0.2) is 0 Å². The van der Waals surface area contributed by atoms with Gasteiger partial charge in [0, 0.05) is 6.04 Å². The predicted molar refractivity (Wildman–Crippen MR) is 99.2 cm³/mol. The van der Waals surface area contributed by atoms with Crippen molar-refractivity contribution in [3.05, 3.63) is 76.5 Å². The SMILES string of the molecule is CCc1ccccc1N1C(=O)C(Cl)=C(NC(C)c2ccccc2)C1=O. The number of hydrogen-bond acceptors (Lipinski definition) is 3. The number of amides is 2. The number of benzene rings is 2. The maximum atomic E-state index is 12.9. The molecule has 1 N–H and O–H groups in total. The van der Waals surface area contributed by atoms with Crippen LogP contribution in [0.5, 0.6) is 0 Å². The molecule has 0 radical (unpaired) electrons. The van der Waals surface area contributed by atoms with Gasteiger partial charge in [-0.25, -0.2) is 4.90 Å². The molecule has 1 heterocycles. The lowest BCUT2D eigenvalue weighted by Crippen LogP contribution is -2.34. The van der Waals surface area contributed by atoms with Crippen LogP contribution in [0.4, 0.5) is 5.69 Å². The summed E-state index contributed by atoms with van der Waals surface area (Å²) in [5.41, 5.74) is 2.66. The summed E-state index contributed by atoms with van der Waals surface area (Å²) in [7, 11) is 0. The van der Waals surface area contributed by atoms with E-state index < -0.39 is 11.8 Å². The normalized spacial score (nSPS) is 15.7. The van der Waals surface area contributed by atoms with Crippen LogP contribution in [0.25, 0.3) is 0 Å². The number of halogens is 1. The van der Waals surface area contributed by atoms with E-state index in [1.54, 1.807) is 12.1 Å². The van der Waals surface area contributed by atoms with Gasteiger partial charge in [-0.1, -0.05) is 67.1 Å². The Morgan fingerprint density at radius 1 is 1.00 bits per heavy atom. The average molecular weight is 355 g/mol. The summed E-state index contributed by atoms with van der Waals surface area (Å²) >= 11 is 6.20. The molecule has 128 valence electrons. The molecule has 3 rings (SSSR count). The number of carbonyl (C=O) groups is 2. The zero-order chi connectivity index (χ0) is 18.0. The van der Waals surface area contributed by atoms with Gasteiger partial charge in [-0.15, -0.1) is 0 Å². The molecule has 1 aliphatic heterocycles. The first-order chi connectivity index (χ1) is 12.0. The molecule has 0 fully saturated rings. The van der Waals surface area contributed by atoms with Gasteiger partial charge >= 0.3 is 0 Å². The Bertz CT molecular complexity index is 846.